The Morgan fingerprint density at radius 2 is 1.71 bits per heavy atom. The summed E-state index contributed by atoms with van der Waals surface area (Å²) in [6.07, 6.45) is 13.1. The first kappa shape index (κ1) is 27.4. The maximum atomic E-state index is 12.8. The van der Waals surface area contributed by atoms with Crippen LogP contribution >= 0.6 is 0 Å². The van der Waals surface area contributed by atoms with Crippen LogP contribution in [0.5, 0.6) is 0 Å². The third kappa shape index (κ3) is 5.19. The van der Waals surface area contributed by atoms with Crippen molar-refractivity contribution in [3.05, 3.63) is 11.6 Å². The smallest absolute Gasteiger partial charge is 0.306 e. The fourth-order valence-corrected chi connectivity index (χ4v) is 9.10. The molecular formula is C31H45NO6. The van der Waals surface area contributed by atoms with Crippen molar-refractivity contribution >= 4 is 23.6 Å². The van der Waals surface area contributed by atoms with Crippen molar-refractivity contribution in [2.75, 3.05) is 6.54 Å². The van der Waals surface area contributed by atoms with E-state index in [9.17, 15) is 19.2 Å². The standard InChI is InChI=1S/C31H45NO6/c1-30-15-13-22(33)17-21(30)7-8-23-24-9-10-26(31(24,2)16-14-25(23)30)38-28(35)12-11-27(34)32-18-19-3-5-20(6-4-19)29(36)37/h17,19-20,23-26H,3-16,18H2,1-2H3,(H,32,34)(H,36,37)/t19?,20?,23-,24-,25-,26?,30-,31-/m0/s1. The van der Waals surface area contributed by atoms with Gasteiger partial charge in [-0.1, -0.05) is 19.4 Å². The quantitative estimate of drug-likeness (QED) is 0.440. The predicted molar refractivity (Wildman–Crippen MR) is 142 cm³/mol. The van der Waals surface area contributed by atoms with Gasteiger partial charge >= 0.3 is 11.9 Å². The SMILES string of the molecule is C[C@]12CCC(=O)C=C1CC[C@@H]1[C@@H]2CC[C@]2(C)C(OC(=O)CCC(=O)NCC3CCC(C(=O)O)CC3)CC[C@@H]12. The lowest BCUT2D eigenvalue weighted by Crippen LogP contribution is -2.51. The molecule has 38 heavy (non-hydrogen) atoms. The number of ketones is 1. The van der Waals surface area contributed by atoms with E-state index in [1.54, 1.807) is 0 Å². The molecule has 5 aliphatic rings. The Kier molecular flexibility index (Phi) is 7.76. The van der Waals surface area contributed by atoms with Gasteiger partial charge in [-0.05, 0) is 106 Å². The van der Waals surface area contributed by atoms with Crippen LogP contribution in [-0.2, 0) is 23.9 Å². The van der Waals surface area contributed by atoms with Gasteiger partial charge in [-0.15, -0.1) is 0 Å². The van der Waals surface area contributed by atoms with Gasteiger partial charge in [0.25, 0.3) is 0 Å². The summed E-state index contributed by atoms with van der Waals surface area (Å²) in [5.74, 6) is 1.02. The molecule has 210 valence electrons. The molecule has 0 spiro atoms. The second-order valence-electron chi connectivity index (χ2n) is 13.4. The minimum absolute atomic E-state index is 0.00403. The first-order valence-electron chi connectivity index (χ1n) is 15.0. The monoisotopic (exact) mass is 527 g/mol. The summed E-state index contributed by atoms with van der Waals surface area (Å²) in [4.78, 5) is 48.3. The number of carboxylic acids is 1. The Bertz CT molecular complexity index is 996. The van der Waals surface area contributed by atoms with Crippen LogP contribution < -0.4 is 5.32 Å². The van der Waals surface area contributed by atoms with E-state index in [0.717, 1.165) is 57.8 Å². The van der Waals surface area contributed by atoms with E-state index < -0.39 is 5.97 Å². The number of fused-ring (bicyclic) bond motifs is 5. The van der Waals surface area contributed by atoms with Crippen LogP contribution in [0.2, 0.25) is 0 Å². The van der Waals surface area contributed by atoms with E-state index in [2.05, 4.69) is 19.2 Å². The third-order valence-corrected chi connectivity index (χ3v) is 11.5. The summed E-state index contributed by atoms with van der Waals surface area (Å²) in [6, 6.07) is 0. The Hall–Kier alpha value is -2.18. The summed E-state index contributed by atoms with van der Waals surface area (Å²) in [5.41, 5.74) is 1.53. The van der Waals surface area contributed by atoms with E-state index in [0.29, 0.717) is 55.3 Å². The fraction of sp³-hybridized carbons (Fsp3) is 0.806. The number of rotatable bonds is 7. The van der Waals surface area contributed by atoms with Crippen LogP contribution in [0.3, 0.4) is 0 Å². The lowest BCUT2D eigenvalue weighted by atomic mass is 9.47. The number of allylic oxidation sites excluding steroid dienone is 1. The molecule has 7 heteroatoms. The van der Waals surface area contributed by atoms with Crippen LogP contribution in [0.4, 0.5) is 0 Å². The van der Waals surface area contributed by atoms with Crippen LogP contribution in [0.15, 0.2) is 11.6 Å². The molecule has 0 aromatic carbocycles. The Labute approximate surface area is 226 Å². The molecule has 0 saturated heterocycles. The fourth-order valence-electron chi connectivity index (χ4n) is 9.10. The number of ether oxygens (including phenoxy) is 1. The Balaban J connectivity index is 1.09. The van der Waals surface area contributed by atoms with Gasteiger partial charge in [-0.25, -0.2) is 0 Å². The lowest BCUT2D eigenvalue weighted by molar-refractivity contribution is -0.160. The van der Waals surface area contributed by atoms with Gasteiger partial charge in [0.05, 0.1) is 12.3 Å². The third-order valence-electron chi connectivity index (χ3n) is 11.5. The molecule has 0 radical (unpaired) electrons. The highest BCUT2D eigenvalue weighted by molar-refractivity contribution is 5.91. The molecule has 1 unspecified atom stereocenters. The molecule has 5 aliphatic carbocycles. The normalized spacial score (nSPS) is 40.3. The summed E-state index contributed by atoms with van der Waals surface area (Å²) in [7, 11) is 0. The zero-order valence-electron chi connectivity index (χ0n) is 23.1. The molecule has 7 nitrogen and oxygen atoms in total. The number of hydrogen-bond acceptors (Lipinski definition) is 5. The van der Waals surface area contributed by atoms with E-state index in [-0.39, 0.29) is 47.6 Å². The maximum absolute atomic E-state index is 12.8. The Morgan fingerprint density at radius 1 is 0.947 bits per heavy atom. The van der Waals surface area contributed by atoms with Crippen LogP contribution in [-0.4, -0.2) is 41.4 Å². The maximum Gasteiger partial charge on any atom is 0.306 e. The van der Waals surface area contributed by atoms with Gasteiger partial charge in [0.1, 0.15) is 6.10 Å². The molecule has 0 aromatic heterocycles. The predicted octanol–water partition coefficient (Wildman–Crippen LogP) is 5.22. The highest BCUT2D eigenvalue weighted by Crippen LogP contribution is 2.65. The summed E-state index contributed by atoms with van der Waals surface area (Å²) >= 11 is 0. The van der Waals surface area contributed by atoms with Gasteiger partial charge in [-0.3, -0.25) is 19.2 Å². The van der Waals surface area contributed by atoms with Crippen molar-refractivity contribution < 1.29 is 29.0 Å². The first-order valence-corrected chi connectivity index (χ1v) is 15.0. The second kappa shape index (κ2) is 10.8. The van der Waals surface area contributed by atoms with Crippen molar-refractivity contribution in [1.29, 1.82) is 0 Å². The molecule has 5 rings (SSSR count). The molecule has 1 amide bonds. The summed E-state index contributed by atoms with van der Waals surface area (Å²) in [5, 5.41) is 12.1. The average molecular weight is 528 g/mol. The first-order chi connectivity index (χ1) is 18.1. The van der Waals surface area contributed by atoms with Crippen molar-refractivity contribution in [3.63, 3.8) is 0 Å². The molecule has 0 heterocycles. The van der Waals surface area contributed by atoms with E-state index >= 15 is 0 Å². The minimum Gasteiger partial charge on any atom is -0.481 e. The molecule has 2 N–H and O–H groups in total. The number of amides is 1. The van der Waals surface area contributed by atoms with Gasteiger partial charge in [0.15, 0.2) is 5.78 Å². The number of esters is 1. The topological polar surface area (TPSA) is 110 Å². The molecular weight excluding hydrogens is 482 g/mol. The van der Waals surface area contributed by atoms with Crippen LogP contribution in [0, 0.1) is 40.4 Å². The van der Waals surface area contributed by atoms with Crippen molar-refractivity contribution in [3.8, 4) is 0 Å². The van der Waals surface area contributed by atoms with E-state index in [4.69, 9.17) is 9.84 Å². The van der Waals surface area contributed by atoms with Crippen molar-refractivity contribution in [2.45, 2.75) is 110 Å². The average Bonchev–Trinajstić information content (AvgIpc) is 3.22. The molecule has 6 atom stereocenters. The lowest BCUT2D eigenvalue weighted by Gasteiger charge is -2.57. The molecule has 4 fully saturated rings. The number of aliphatic carboxylic acids is 1. The highest BCUT2D eigenvalue weighted by atomic mass is 16.5. The molecule has 0 aliphatic heterocycles. The van der Waals surface area contributed by atoms with Gasteiger partial charge in [-0.2, -0.15) is 0 Å². The summed E-state index contributed by atoms with van der Waals surface area (Å²) < 4.78 is 6.06. The molecule has 0 aromatic rings. The van der Waals surface area contributed by atoms with Crippen LogP contribution in [0.1, 0.15) is 104 Å². The van der Waals surface area contributed by atoms with Gasteiger partial charge < -0.3 is 15.2 Å². The van der Waals surface area contributed by atoms with Gasteiger partial charge in [0.2, 0.25) is 5.91 Å². The van der Waals surface area contributed by atoms with Crippen molar-refractivity contribution in [2.24, 2.45) is 40.4 Å². The van der Waals surface area contributed by atoms with Gasteiger partial charge in [0, 0.05) is 24.8 Å². The highest BCUT2D eigenvalue weighted by Gasteiger charge is 2.60. The zero-order valence-corrected chi connectivity index (χ0v) is 23.1. The minimum atomic E-state index is -0.720. The summed E-state index contributed by atoms with van der Waals surface area (Å²) in [6.45, 7) is 5.27. The zero-order chi connectivity index (χ0) is 27.1. The number of hydrogen-bond donors (Lipinski definition) is 2. The number of nitrogens with one attached hydrogen (secondary N) is 1. The molecule has 0 bridgehead atoms. The van der Waals surface area contributed by atoms with E-state index in [1.807, 2.05) is 6.08 Å². The number of carboxylic acid groups (broad SMARTS) is 1. The second-order valence-corrected chi connectivity index (χ2v) is 13.4. The van der Waals surface area contributed by atoms with Crippen molar-refractivity contribution in [1.82, 2.24) is 5.32 Å². The number of carbonyl (C=O) groups excluding carboxylic acids is 3. The van der Waals surface area contributed by atoms with E-state index in [1.165, 1.54) is 5.57 Å². The van der Waals surface area contributed by atoms with Crippen LogP contribution in [0.25, 0.3) is 0 Å². The largest absolute Gasteiger partial charge is 0.481 e. The Morgan fingerprint density at radius 3 is 2.45 bits per heavy atom. The molecule has 4 saturated carbocycles. The number of carbonyl (C=O) groups is 4.